The number of benzene rings is 2. The van der Waals surface area contributed by atoms with Crippen LogP contribution in [0.4, 0.5) is 0 Å². The summed E-state index contributed by atoms with van der Waals surface area (Å²) in [5, 5.41) is 1.09. The lowest BCUT2D eigenvalue weighted by Gasteiger charge is -2.06. The Morgan fingerprint density at radius 3 is 1.50 bits per heavy atom. The molecule has 0 fully saturated rings. The van der Waals surface area contributed by atoms with Crippen LogP contribution in [-0.4, -0.2) is 11.9 Å². The fourth-order valence-corrected chi connectivity index (χ4v) is 2.33. The zero-order chi connectivity index (χ0) is 17.7. The lowest BCUT2D eigenvalue weighted by Crippen LogP contribution is -2.09. The summed E-state index contributed by atoms with van der Waals surface area (Å²) in [5.41, 5.74) is 1.42. The highest BCUT2D eigenvalue weighted by Crippen LogP contribution is 2.23. The maximum atomic E-state index is 11.8. The van der Waals surface area contributed by atoms with E-state index in [-0.39, 0.29) is 0 Å². The Morgan fingerprint density at radius 2 is 1.17 bits per heavy atom. The van der Waals surface area contributed by atoms with Crippen LogP contribution in [0.3, 0.4) is 0 Å². The zero-order valence-electron chi connectivity index (χ0n) is 13.0. The summed E-state index contributed by atoms with van der Waals surface area (Å²) >= 11 is 11.7. The van der Waals surface area contributed by atoms with Crippen LogP contribution < -0.4 is 9.47 Å². The number of hydrogen-bond acceptors (Lipinski definition) is 4. The first-order valence-corrected chi connectivity index (χ1v) is 7.75. The smallest absolute Gasteiger partial charge is 0.336 e. The highest BCUT2D eigenvalue weighted by atomic mass is 35.5. The fraction of sp³-hybridized carbons (Fsp3) is 0.111. The summed E-state index contributed by atoms with van der Waals surface area (Å²) in [6.45, 7) is 3.52. The molecule has 0 bridgehead atoms. The minimum absolute atomic E-state index is 0.371. The van der Waals surface area contributed by atoms with Crippen LogP contribution in [0.15, 0.2) is 48.6 Å². The molecule has 0 aliphatic carbocycles. The largest absolute Gasteiger partial charge is 0.423 e. The van der Waals surface area contributed by atoms with Crippen LogP contribution in [0.2, 0.25) is 10.0 Å². The molecule has 0 saturated carbocycles. The van der Waals surface area contributed by atoms with Crippen molar-refractivity contribution in [2.45, 2.75) is 13.8 Å². The van der Waals surface area contributed by atoms with Crippen molar-refractivity contribution in [2.24, 2.45) is 0 Å². The molecule has 0 aliphatic heterocycles. The summed E-state index contributed by atoms with van der Waals surface area (Å²) in [5.74, 6) is -0.637. The first kappa shape index (κ1) is 18.0. The van der Waals surface area contributed by atoms with Crippen molar-refractivity contribution in [3.05, 3.63) is 69.7 Å². The second kappa shape index (κ2) is 7.99. The molecule has 2 aromatic carbocycles. The van der Waals surface area contributed by atoms with Crippen molar-refractivity contribution in [1.29, 1.82) is 0 Å². The molecule has 6 heteroatoms. The van der Waals surface area contributed by atoms with Gasteiger partial charge < -0.3 is 9.47 Å². The van der Waals surface area contributed by atoms with Gasteiger partial charge in [0.15, 0.2) is 0 Å². The summed E-state index contributed by atoms with van der Waals surface area (Å²) in [4.78, 5) is 23.5. The number of aryl methyl sites for hydroxylation is 2. The van der Waals surface area contributed by atoms with E-state index in [2.05, 4.69) is 0 Å². The molecule has 0 amide bonds. The third-order valence-electron chi connectivity index (χ3n) is 3.05. The number of hydrogen-bond donors (Lipinski definition) is 0. The Morgan fingerprint density at radius 1 is 0.792 bits per heavy atom. The number of rotatable bonds is 4. The Balaban J connectivity index is 1.96. The van der Waals surface area contributed by atoms with Crippen molar-refractivity contribution in [1.82, 2.24) is 0 Å². The maximum absolute atomic E-state index is 11.8. The molecule has 124 valence electrons. The van der Waals surface area contributed by atoms with Crippen LogP contribution >= 0.6 is 23.2 Å². The van der Waals surface area contributed by atoms with Crippen molar-refractivity contribution < 1.29 is 19.1 Å². The molecule has 0 unspecified atom stereocenters. The molecule has 0 heterocycles. The first-order valence-electron chi connectivity index (χ1n) is 6.99. The molecule has 0 radical (unpaired) electrons. The quantitative estimate of drug-likeness (QED) is 0.449. The second-order valence-corrected chi connectivity index (χ2v) is 5.87. The van der Waals surface area contributed by atoms with E-state index in [9.17, 15) is 9.59 Å². The lowest BCUT2D eigenvalue weighted by atomic mass is 10.2. The Hall–Kier alpha value is -2.30. The molecule has 2 aromatic rings. The van der Waals surface area contributed by atoms with Gasteiger partial charge in [0.25, 0.3) is 0 Å². The SMILES string of the molecule is Cc1cc(Cl)ccc1OC(=O)/C=C/C(=O)Oc1ccc(Cl)cc1C. The maximum Gasteiger partial charge on any atom is 0.336 e. The van der Waals surface area contributed by atoms with E-state index in [1.54, 1.807) is 50.2 Å². The monoisotopic (exact) mass is 364 g/mol. The average Bonchev–Trinajstić information content (AvgIpc) is 2.51. The molecule has 0 aromatic heterocycles. The zero-order valence-corrected chi connectivity index (χ0v) is 14.5. The summed E-state index contributed by atoms with van der Waals surface area (Å²) in [6.07, 6.45) is 2.00. The molecular weight excluding hydrogens is 351 g/mol. The standard InChI is InChI=1S/C18H14Cl2O4/c1-11-9-13(19)3-5-15(11)23-17(21)7-8-18(22)24-16-6-4-14(20)10-12(16)2/h3-10H,1-2H3/b8-7+. The average molecular weight is 365 g/mol. The van der Waals surface area contributed by atoms with Gasteiger partial charge >= 0.3 is 11.9 Å². The van der Waals surface area contributed by atoms with E-state index in [4.69, 9.17) is 32.7 Å². The van der Waals surface area contributed by atoms with E-state index in [1.807, 2.05) is 0 Å². The third-order valence-corrected chi connectivity index (χ3v) is 3.52. The number of esters is 2. The number of ether oxygens (including phenoxy) is 2. The van der Waals surface area contributed by atoms with Gasteiger partial charge in [-0.15, -0.1) is 0 Å². The van der Waals surface area contributed by atoms with Crippen molar-refractivity contribution in [2.75, 3.05) is 0 Å². The van der Waals surface area contributed by atoms with Gasteiger partial charge in [-0.3, -0.25) is 0 Å². The van der Waals surface area contributed by atoms with Gasteiger partial charge in [-0.1, -0.05) is 23.2 Å². The van der Waals surface area contributed by atoms with Crippen LogP contribution in [0.1, 0.15) is 11.1 Å². The van der Waals surface area contributed by atoms with Crippen LogP contribution in [-0.2, 0) is 9.59 Å². The van der Waals surface area contributed by atoms with Crippen molar-refractivity contribution in [3.63, 3.8) is 0 Å². The van der Waals surface area contributed by atoms with E-state index >= 15 is 0 Å². The molecular formula is C18H14Cl2O4. The predicted molar refractivity (Wildman–Crippen MR) is 92.8 cm³/mol. The summed E-state index contributed by atoms with van der Waals surface area (Å²) in [6, 6.07) is 9.73. The molecule has 4 nitrogen and oxygen atoms in total. The Bertz CT molecular complexity index is 745. The molecule has 24 heavy (non-hydrogen) atoms. The summed E-state index contributed by atoms with van der Waals surface area (Å²) in [7, 11) is 0. The van der Waals surface area contributed by atoms with Gasteiger partial charge in [0, 0.05) is 22.2 Å². The molecule has 0 atom stereocenters. The topological polar surface area (TPSA) is 52.6 Å². The molecule has 0 aliphatic rings. The van der Waals surface area contributed by atoms with Gasteiger partial charge in [-0.05, 0) is 61.4 Å². The number of carbonyl (C=O) groups excluding carboxylic acids is 2. The lowest BCUT2D eigenvalue weighted by molar-refractivity contribution is -0.131. The molecule has 0 saturated heterocycles. The van der Waals surface area contributed by atoms with Gasteiger partial charge in [0.2, 0.25) is 0 Å². The number of carbonyl (C=O) groups is 2. The van der Waals surface area contributed by atoms with Crippen molar-refractivity contribution in [3.8, 4) is 11.5 Å². The molecule has 0 N–H and O–H groups in total. The highest BCUT2D eigenvalue weighted by Gasteiger charge is 2.08. The van der Waals surface area contributed by atoms with Crippen molar-refractivity contribution >= 4 is 35.1 Å². The minimum atomic E-state index is -0.690. The second-order valence-electron chi connectivity index (χ2n) is 5.00. The first-order chi connectivity index (χ1) is 11.3. The summed E-state index contributed by atoms with van der Waals surface area (Å²) < 4.78 is 10.3. The van der Waals surface area contributed by atoms with Crippen LogP contribution in [0, 0.1) is 13.8 Å². The van der Waals surface area contributed by atoms with Gasteiger partial charge in [0.1, 0.15) is 11.5 Å². The highest BCUT2D eigenvalue weighted by molar-refractivity contribution is 6.31. The van der Waals surface area contributed by atoms with E-state index in [0.29, 0.717) is 32.7 Å². The molecule has 2 rings (SSSR count). The van der Waals surface area contributed by atoms with Gasteiger partial charge in [-0.25, -0.2) is 9.59 Å². The Kier molecular flexibility index (Phi) is 6.01. The number of halogens is 2. The van der Waals surface area contributed by atoms with E-state index < -0.39 is 11.9 Å². The molecule has 0 spiro atoms. The van der Waals surface area contributed by atoms with Crippen LogP contribution in [0.5, 0.6) is 11.5 Å². The Labute approximate surface area is 149 Å². The van der Waals surface area contributed by atoms with Crippen LogP contribution in [0.25, 0.3) is 0 Å². The van der Waals surface area contributed by atoms with Gasteiger partial charge in [-0.2, -0.15) is 0 Å². The normalized spacial score (nSPS) is 10.7. The third kappa shape index (κ3) is 5.11. The predicted octanol–water partition coefficient (Wildman–Crippen LogP) is 4.68. The van der Waals surface area contributed by atoms with Gasteiger partial charge in [0.05, 0.1) is 0 Å². The van der Waals surface area contributed by atoms with E-state index in [1.165, 1.54) is 0 Å². The van der Waals surface area contributed by atoms with E-state index in [0.717, 1.165) is 12.2 Å². The fourth-order valence-electron chi connectivity index (χ4n) is 1.88. The minimum Gasteiger partial charge on any atom is -0.423 e.